The quantitative estimate of drug-likeness (QED) is 0.857. The summed E-state index contributed by atoms with van der Waals surface area (Å²) in [5.41, 5.74) is 1.99. The van der Waals surface area contributed by atoms with Gasteiger partial charge in [0.1, 0.15) is 5.69 Å². The highest BCUT2D eigenvalue weighted by Gasteiger charge is 2.12. The van der Waals surface area contributed by atoms with Gasteiger partial charge in [0.2, 0.25) is 0 Å². The van der Waals surface area contributed by atoms with Crippen LogP contribution in [0, 0.1) is 0 Å². The van der Waals surface area contributed by atoms with Crippen molar-refractivity contribution in [3.05, 3.63) is 42.2 Å². The maximum atomic E-state index is 4.51. The van der Waals surface area contributed by atoms with Crippen LogP contribution in [0.4, 0.5) is 0 Å². The first kappa shape index (κ1) is 11.8. The molecule has 1 N–H and O–H groups in total. The minimum absolute atomic E-state index is 0.289. The molecule has 4 nitrogen and oxygen atoms in total. The Bertz CT molecular complexity index is 449. The second kappa shape index (κ2) is 5.59. The lowest BCUT2D eigenvalue weighted by Crippen LogP contribution is -2.20. The zero-order valence-electron chi connectivity index (χ0n) is 10.3. The van der Waals surface area contributed by atoms with Crippen LogP contribution in [0.2, 0.25) is 0 Å². The molecule has 0 radical (unpaired) electrons. The molecule has 0 fully saturated rings. The van der Waals surface area contributed by atoms with E-state index in [0.29, 0.717) is 0 Å². The molecule has 0 aliphatic rings. The van der Waals surface area contributed by atoms with E-state index in [1.165, 1.54) is 0 Å². The number of hydrogen-bond donors (Lipinski definition) is 1. The number of para-hydroxylation sites is 1. The zero-order chi connectivity index (χ0) is 12.1. The summed E-state index contributed by atoms with van der Waals surface area (Å²) in [7, 11) is 0. The largest absolute Gasteiger partial charge is 0.309 e. The van der Waals surface area contributed by atoms with Crippen LogP contribution in [0.5, 0.6) is 0 Å². The summed E-state index contributed by atoms with van der Waals surface area (Å²) in [5, 5.41) is 12.2. The monoisotopic (exact) mass is 230 g/mol. The standard InChI is InChI=1S/C13H18N4/c1-3-12(14-4-2)13-10-15-17(16-13)11-8-6-5-7-9-11/h5-10,12,14H,3-4H2,1-2H3. The highest BCUT2D eigenvalue weighted by molar-refractivity contribution is 5.28. The minimum Gasteiger partial charge on any atom is -0.309 e. The first-order valence-corrected chi connectivity index (χ1v) is 6.06. The van der Waals surface area contributed by atoms with Gasteiger partial charge in [-0.3, -0.25) is 0 Å². The number of nitrogens with one attached hydrogen (secondary N) is 1. The van der Waals surface area contributed by atoms with Crippen LogP contribution >= 0.6 is 0 Å². The number of aromatic nitrogens is 3. The molecule has 2 aromatic rings. The van der Waals surface area contributed by atoms with E-state index in [-0.39, 0.29) is 6.04 Å². The van der Waals surface area contributed by atoms with E-state index < -0.39 is 0 Å². The molecule has 0 saturated carbocycles. The molecule has 0 spiro atoms. The molecule has 1 heterocycles. The van der Waals surface area contributed by atoms with Crippen molar-refractivity contribution in [2.24, 2.45) is 0 Å². The van der Waals surface area contributed by atoms with E-state index in [0.717, 1.165) is 24.3 Å². The van der Waals surface area contributed by atoms with Crippen LogP contribution in [0.25, 0.3) is 5.69 Å². The van der Waals surface area contributed by atoms with E-state index in [1.54, 1.807) is 4.80 Å². The SMILES string of the molecule is CCNC(CC)c1cnn(-c2ccccc2)n1. The fourth-order valence-electron chi connectivity index (χ4n) is 1.82. The average molecular weight is 230 g/mol. The summed E-state index contributed by atoms with van der Waals surface area (Å²) in [6.45, 7) is 5.19. The van der Waals surface area contributed by atoms with E-state index in [1.807, 2.05) is 36.5 Å². The Morgan fingerprint density at radius 3 is 2.65 bits per heavy atom. The van der Waals surface area contributed by atoms with Gasteiger partial charge in [-0.1, -0.05) is 32.0 Å². The zero-order valence-corrected chi connectivity index (χ0v) is 10.3. The van der Waals surface area contributed by atoms with Crippen molar-refractivity contribution in [1.29, 1.82) is 0 Å². The number of hydrogen-bond acceptors (Lipinski definition) is 3. The summed E-state index contributed by atoms with van der Waals surface area (Å²) < 4.78 is 0. The lowest BCUT2D eigenvalue weighted by molar-refractivity contribution is 0.519. The number of rotatable bonds is 5. The smallest absolute Gasteiger partial charge is 0.100 e. The van der Waals surface area contributed by atoms with Crippen LogP contribution in [0.1, 0.15) is 32.0 Å². The second-order valence-electron chi connectivity index (χ2n) is 3.91. The summed E-state index contributed by atoms with van der Waals surface area (Å²) in [6.07, 6.45) is 2.85. The maximum absolute atomic E-state index is 4.51. The molecule has 1 aromatic heterocycles. The van der Waals surface area contributed by atoms with Gasteiger partial charge in [0, 0.05) is 0 Å². The third-order valence-electron chi connectivity index (χ3n) is 2.71. The van der Waals surface area contributed by atoms with Gasteiger partial charge in [-0.05, 0) is 25.1 Å². The Labute approximate surface area is 102 Å². The van der Waals surface area contributed by atoms with Crippen LogP contribution in [-0.2, 0) is 0 Å². The Balaban J connectivity index is 2.21. The summed E-state index contributed by atoms with van der Waals surface area (Å²) in [5.74, 6) is 0. The van der Waals surface area contributed by atoms with Crippen molar-refractivity contribution in [2.75, 3.05) is 6.54 Å². The molecule has 0 amide bonds. The topological polar surface area (TPSA) is 42.7 Å². The van der Waals surface area contributed by atoms with E-state index in [2.05, 4.69) is 29.4 Å². The van der Waals surface area contributed by atoms with Gasteiger partial charge in [-0.25, -0.2) is 0 Å². The van der Waals surface area contributed by atoms with Crippen molar-refractivity contribution in [3.63, 3.8) is 0 Å². The van der Waals surface area contributed by atoms with Crippen LogP contribution in [-0.4, -0.2) is 21.5 Å². The highest BCUT2D eigenvalue weighted by atomic mass is 15.5. The fourth-order valence-corrected chi connectivity index (χ4v) is 1.82. The Kier molecular flexibility index (Phi) is 3.88. The Morgan fingerprint density at radius 2 is 2.00 bits per heavy atom. The van der Waals surface area contributed by atoms with Crippen molar-refractivity contribution >= 4 is 0 Å². The van der Waals surface area contributed by atoms with E-state index >= 15 is 0 Å². The molecule has 17 heavy (non-hydrogen) atoms. The molecule has 1 aromatic carbocycles. The van der Waals surface area contributed by atoms with Gasteiger partial charge in [-0.15, -0.1) is 0 Å². The molecule has 90 valence electrons. The molecule has 1 unspecified atom stereocenters. The Morgan fingerprint density at radius 1 is 1.24 bits per heavy atom. The molecule has 0 aliphatic heterocycles. The molecule has 0 aliphatic carbocycles. The molecule has 0 saturated heterocycles. The predicted octanol–water partition coefficient (Wildman–Crippen LogP) is 2.33. The van der Waals surface area contributed by atoms with Gasteiger partial charge >= 0.3 is 0 Å². The summed E-state index contributed by atoms with van der Waals surface area (Å²) in [4.78, 5) is 1.68. The third-order valence-corrected chi connectivity index (χ3v) is 2.71. The molecule has 1 atom stereocenters. The van der Waals surface area contributed by atoms with Gasteiger partial charge < -0.3 is 5.32 Å². The van der Waals surface area contributed by atoms with Gasteiger partial charge in [0.15, 0.2) is 0 Å². The van der Waals surface area contributed by atoms with Crippen LogP contribution in [0.3, 0.4) is 0 Å². The van der Waals surface area contributed by atoms with Gasteiger partial charge in [0.25, 0.3) is 0 Å². The maximum Gasteiger partial charge on any atom is 0.100 e. The van der Waals surface area contributed by atoms with Crippen LogP contribution < -0.4 is 5.32 Å². The first-order valence-electron chi connectivity index (χ1n) is 6.06. The normalized spacial score (nSPS) is 12.6. The predicted molar refractivity (Wildman–Crippen MR) is 68.1 cm³/mol. The molecular formula is C13H18N4. The van der Waals surface area contributed by atoms with Crippen LogP contribution in [0.15, 0.2) is 36.5 Å². The van der Waals surface area contributed by atoms with Crippen molar-refractivity contribution in [3.8, 4) is 5.69 Å². The molecule has 0 bridgehead atoms. The average Bonchev–Trinajstić information content (AvgIpc) is 2.86. The first-order chi connectivity index (χ1) is 8.35. The van der Waals surface area contributed by atoms with Gasteiger partial charge in [0.05, 0.1) is 17.9 Å². The van der Waals surface area contributed by atoms with Crippen molar-refractivity contribution in [2.45, 2.75) is 26.3 Å². The Hall–Kier alpha value is -1.68. The second-order valence-corrected chi connectivity index (χ2v) is 3.91. The van der Waals surface area contributed by atoms with Gasteiger partial charge in [-0.2, -0.15) is 15.0 Å². The highest BCUT2D eigenvalue weighted by Crippen LogP contribution is 2.14. The minimum atomic E-state index is 0.289. The third kappa shape index (κ3) is 2.71. The van der Waals surface area contributed by atoms with E-state index in [9.17, 15) is 0 Å². The lowest BCUT2D eigenvalue weighted by atomic mass is 10.2. The number of nitrogens with zero attached hydrogens (tertiary/aromatic N) is 3. The molecular weight excluding hydrogens is 212 g/mol. The number of benzene rings is 1. The lowest BCUT2D eigenvalue weighted by Gasteiger charge is -2.11. The molecule has 2 rings (SSSR count). The van der Waals surface area contributed by atoms with Crippen molar-refractivity contribution in [1.82, 2.24) is 20.3 Å². The summed E-state index contributed by atoms with van der Waals surface area (Å²) in [6, 6.07) is 10.2. The summed E-state index contributed by atoms with van der Waals surface area (Å²) >= 11 is 0. The van der Waals surface area contributed by atoms with Crippen molar-refractivity contribution < 1.29 is 0 Å². The molecule has 4 heteroatoms. The van der Waals surface area contributed by atoms with E-state index in [4.69, 9.17) is 0 Å². The fraction of sp³-hybridized carbons (Fsp3) is 0.385.